The Morgan fingerprint density at radius 2 is 1.88 bits per heavy atom. The van der Waals surface area contributed by atoms with E-state index in [1.165, 1.54) is 12.8 Å². The van der Waals surface area contributed by atoms with Gasteiger partial charge in [-0.25, -0.2) is 0 Å². The van der Waals surface area contributed by atoms with Crippen molar-refractivity contribution >= 4 is 28.5 Å². The number of aromatic nitrogens is 2. The van der Waals surface area contributed by atoms with Crippen LogP contribution in [0.5, 0.6) is 0 Å². The third-order valence-electron chi connectivity index (χ3n) is 4.53. The van der Waals surface area contributed by atoms with Crippen LogP contribution < -0.4 is 0 Å². The lowest BCUT2D eigenvalue weighted by atomic mass is 10.1. The van der Waals surface area contributed by atoms with E-state index < -0.39 is 0 Å². The SMILES string of the molecule is O=C(CN1CCCC1)n1cc(Cl)c2ncc(-c3ccccc3)cc21. The summed E-state index contributed by atoms with van der Waals surface area (Å²) in [6.07, 6.45) is 5.82. The molecule has 5 heteroatoms. The number of pyridine rings is 1. The molecule has 0 bridgehead atoms. The molecule has 0 aliphatic carbocycles. The molecule has 24 heavy (non-hydrogen) atoms. The molecule has 1 saturated heterocycles. The average molecular weight is 340 g/mol. The third kappa shape index (κ3) is 2.83. The molecule has 0 amide bonds. The molecule has 1 fully saturated rings. The molecule has 1 aliphatic heterocycles. The van der Waals surface area contributed by atoms with E-state index in [0.29, 0.717) is 17.1 Å². The van der Waals surface area contributed by atoms with Crippen LogP contribution in [-0.2, 0) is 0 Å². The number of halogens is 1. The van der Waals surface area contributed by atoms with E-state index in [0.717, 1.165) is 29.7 Å². The number of nitrogens with zero attached hydrogens (tertiary/aromatic N) is 3. The van der Waals surface area contributed by atoms with E-state index in [2.05, 4.69) is 9.88 Å². The van der Waals surface area contributed by atoms with Crippen LogP contribution in [0.25, 0.3) is 22.2 Å². The van der Waals surface area contributed by atoms with Gasteiger partial charge in [-0.05, 0) is 37.6 Å². The molecule has 0 unspecified atom stereocenters. The van der Waals surface area contributed by atoms with Crippen molar-refractivity contribution in [3.05, 3.63) is 53.8 Å². The van der Waals surface area contributed by atoms with Gasteiger partial charge >= 0.3 is 0 Å². The number of hydrogen-bond donors (Lipinski definition) is 0. The van der Waals surface area contributed by atoms with Crippen LogP contribution >= 0.6 is 11.6 Å². The Kier molecular flexibility index (Phi) is 4.08. The normalized spacial score (nSPS) is 15.2. The summed E-state index contributed by atoms with van der Waals surface area (Å²) in [4.78, 5) is 19.4. The fraction of sp³-hybridized carbons (Fsp3) is 0.263. The summed E-state index contributed by atoms with van der Waals surface area (Å²) in [6.45, 7) is 2.41. The van der Waals surface area contributed by atoms with Gasteiger partial charge in [0.25, 0.3) is 0 Å². The predicted molar refractivity (Wildman–Crippen MR) is 96.5 cm³/mol. The summed E-state index contributed by atoms with van der Waals surface area (Å²) >= 11 is 6.29. The van der Waals surface area contributed by atoms with Gasteiger partial charge in [-0.1, -0.05) is 41.9 Å². The van der Waals surface area contributed by atoms with Crippen molar-refractivity contribution in [1.29, 1.82) is 0 Å². The maximum atomic E-state index is 12.7. The van der Waals surface area contributed by atoms with Crippen LogP contribution in [0.2, 0.25) is 5.02 Å². The lowest BCUT2D eigenvalue weighted by molar-refractivity contribution is 0.0868. The summed E-state index contributed by atoms with van der Waals surface area (Å²) in [5.74, 6) is 0.0424. The highest BCUT2D eigenvalue weighted by molar-refractivity contribution is 6.35. The Balaban J connectivity index is 1.73. The van der Waals surface area contributed by atoms with Crippen molar-refractivity contribution in [2.45, 2.75) is 12.8 Å². The molecular weight excluding hydrogens is 322 g/mol. The molecule has 0 spiro atoms. The van der Waals surface area contributed by atoms with E-state index in [9.17, 15) is 4.79 Å². The Morgan fingerprint density at radius 1 is 1.12 bits per heavy atom. The van der Waals surface area contributed by atoms with E-state index >= 15 is 0 Å². The molecule has 3 aromatic rings. The lowest BCUT2D eigenvalue weighted by Crippen LogP contribution is -2.29. The van der Waals surface area contributed by atoms with Gasteiger partial charge in [-0.3, -0.25) is 19.2 Å². The molecule has 4 nitrogen and oxygen atoms in total. The summed E-state index contributed by atoms with van der Waals surface area (Å²) in [7, 11) is 0. The van der Waals surface area contributed by atoms with Crippen LogP contribution in [0.1, 0.15) is 17.6 Å². The van der Waals surface area contributed by atoms with Gasteiger partial charge in [-0.2, -0.15) is 0 Å². The van der Waals surface area contributed by atoms with Gasteiger partial charge in [0.15, 0.2) is 0 Å². The molecule has 0 atom stereocenters. The smallest absolute Gasteiger partial charge is 0.245 e. The van der Waals surface area contributed by atoms with Crippen molar-refractivity contribution in [2.75, 3.05) is 19.6 Å². The monoisotopic (exact) mass is 339 g/mol. The number of carbonyl (C=O) groups is 1. The summed E-state index contributed by atoms with van der Waals surface area (Å²) < 4.78 is 1.65. The van der Waals surface area contributed by atoms with Gasteiger partial charge in [-0.15, -0.1) is 0 Å². The zero-order chi connectivity index (χ0) is 16.5. The molecule has 0 radical (unpaired) electrons. The van der Waals surface area contributed by atoms with Gasteiger partial charge < -0.3 is 0 Å². The van der Waals surface area contributed by atoms with Crippen LogP contribution in [-0.4, -0.2) is 40.0 Å². The Morgan fingerprint density at radius 3 is 2.62 bits per heavy atom. The molecule has 122 valence electrons. The minimum atomic E-state index is 0.0424. The average Bonchev–Trinajstić information content (AvgIpc) is 3.23. The quantitative estimate of drug-likeness (QED) is 0.721. The Bertz CT molecular complexity index is 882. The third-order valence-corrected chi connectivity index (χ3v) is 4.81. The molecule has 2 aromatic heterocycles. The van der Waals surface area contributed by atoms with Crippen molar-refractivity contribution in [2.24, 2.45) is 0 Å². The van der Waals surface area contributed by atoms with Crippen molar-refractivity contribution in [3.8, 4) is 11.1 Å². The second-order valence-corrected chi connectivity index (χ2v) is 6.59. The Labute approximate surface area is 145 Å². The highest BCUT2D eigenvalue weighted by Gasteiger charge is 2.19. The maximum absolute atomic E-state index is 12.7. The summed E-state index contributed by atoms with van der Waals surface area (Å²) in [5, 5.41) is 0.513. The summed E-state index contributed by atoms with van der Waals surface area (Å²) in [6, 6.07) is 12.0. The van der Waals surface area contributed by atoms with E-state index in [1.807, 2.05) is 36.4 Å². The molecule has 1 aliphatic rings. The van der Waals surface area contributed by atoms with Crippen molar-refractivity contribution in [3.63, 3.8) is 0 Å². The zero-order valence-electron chi connectivity index (χ0n) is 13.3. The maximum Gasteiger partial charge on any atom is 0.245 e. The van der Waals surface area contributed by atoms with Crippen LogP contribution in [0.3, 0.4) is 0 Å². The highest BCUT2D eigenvalue weighted by Crippen LogP contribution is 2.28. The first kappa shape index (κ1) is 15.4. The minimum absolute atomic E-state index is 0.0424. The number of hydrogen-bond acceptors (Lipinski definition) is 3. The minimum Gasteiger partial charge on any atom is -0.294 e. The Hall–Kier alpha value is -2.17. The van der Waals surface area contributed by atoms with Crippen LogP contribution in [0.15, 0.2) is 48.8 Å². The van der Waals surface area contributed by atoms with Crippen LogP contribution in [0, 0.1) is 0 Å². The van der Waals surface area contributed by atoms with E-state index in [-0.39, 0.29) is 5.91 Å². The topological polar surface area (TPSA) is 38.1 Å². The standard InChI is InChI=1S/C19H18ClN3O/c20-16-12-23(18(24)13-22-8-4-5-9-22)17-10-15(11-21-19(16)17)14-6-2-1-3-7-14/h1-3,6-7,10-12H,4-5,8-9,13H2. The highest BCUT2D eigenvalue weighted by atomic mass is 35.5. The first-order valence-corrected chi connectivity index (χ1v) is 8.58. The van der Waals surface area contributed by atoms with Crippen LogP contribution in [0.4, 0.5) is 0 Å². The zero-order valence-corrected chi connectivity index (χ0v) is 14.0. The molecule has 0 saturated carbocycles. The number of likely N-dealkylation sites (tertiary alicyclic amines) is 1. The largest absolute Gasteiger partial charge is 0.294 e. The number of rotatable bonds is 3. The van der Waals surface area contributed by atoms with Crippen molar-refractivity contribution in [1.82, 2.24) is 14.5 Å². The second-order valence-electron chi connectivity index (χ2n) is 6.18. The lowest BCUT2D eigenvalue weighted by Gasteiger charge is -2.14. The molecule has 1 aromatic carbocycles. The summed E-state index contributed by atoms with van der Waals surface area (Å²) in [5.41, 5.74) is 3.49. The van der Waals surface area contributed by atoms with Gasteiger partial charge in [0.05, 0.1) is 17.1 Å². The predicted octanol–water partition coefficient (Wildman–Crippen LogP) is 4.09. The molecule has 0 N–H and O–H groups in total. The van der Waals surface area contributed by atoms with Gasteiger partial charge in [0.2, 0.25) is 5.91 Å². The first-order chi connectivity index (χ1) is 11.7. The van der Waals surface area contributed by atoms with Gasteiger partial charge in [0.1, 0.15) is 5.52 Å². The van der Waals surface area contributed by atoms with Crippen molar-refractivity contribution < 1.29 is 4.79 Å². The first-order valence-electron chi connectivity index (χ1n) is 8.20. The number of carbonyl (C=O) groups excluding carboxylic acids is 1. The molecule has 3 heterocycles. The number of fused-ring (bicyclic) bond motifs is 1. The van der Waals surface area contributed by atoms with Gasteiger partial charge in [0, 0.05) is 18.0 Å². The fourth-order valence-electron chi connectivity index (χ4n) is 3.27. The molecular formula is C19H18ClN3O. The van der Waals surface area contributed by atoms with E-state index in [4.69, 9.17) is 11.6 Å². The number of benzene rings is 1. The fourth-order valence-corrected chi connectivity index (χ4v) is 3.51. The van der Waals surface area contributed by atoms with E-state index in [1.54, 1.807) is 17.0 Å². The second kappa shape index (κ2) is 6.38. The molecule has 4 rings (SSSR count).